The number of carboxylic acid groups (broad SMARTS) is 1. The lowest BCUT2D eigenvalue weighted by Gasteiger charge is -2.02. The predicted octanol–water partition coefficient (Wildman–Crippen LogP) is -1.85. The summed E-state index contributed by atoms with van der Waals surface area (Å²) in [5, 5.41) is 16.2. The molecule has 74 valence electrons. The smallest absolute Gasteiger partial charge is 0.417 e. The zero-order valence-corrected chi connectivity index (χ0v) is 6.56. The minimum Gasteiger partial charge on any atom is -0.473 e. The van der Waals surface area contributed by atoms with Crippen LogP contribution in [-0.2, 0) is 23.9 Å². The number of hydrogen-bond acceptors (Lipinski definition) is 6. The molecule has 0 aliphatic heterocycles. The van der Waals surface area contributed by atoms with Gasteiger partial charge in [-0.2, -0.15) is 0 Å². The molecule has 0 saturated heterocycles. The van der Waals surface area contributed by atoms with Gasteiger partial charge < -0.3 is 19.7 Å². The molecule has 7 heteroatoms. The number of aliphatic hydroxyl groups excluding tert-OH is 1. The molecule has 0 unspecified atom stereocenters. The summed E-state index contributed by atoms with van der Waals surface area (Å²) < 4.78 is 8.36. The van der Waals surface area contributed by atoms with Crippen molar-refractivity contribution in [2.75, 3.05) is 19.8 Å². The van der Waals surface area contributed by atoms with Gasteiger partial charge in [-0.05, 0) is 0 Å². The topological polar surface area (TPSA) is 110 Å². The first-order valence-corrected chi connectivity index (χ1v) is 3.24. The number of esters is 2. The van der Waals surface area contributed by atoms with Crippen molar-refractivity contribution in [2.45, 2.75) is 0 Å². The summed E-state index contributed by atoms with van der Waals surface area (Å²) >= 11 is 0. The van der Waals surface area contributed by atoms with Gasteiger partial charge in [0.25, 0.3) is 0 Å². The molecule has 0 bridgehead atoms. The second kappa shape index (κ2) is 5.95. The number of rotatable bonds is 4. The van der Waals surface area contributed by atoms with Gasteiger partial charge in [-0.3, -0.25) is 0 Å². The molecular formula is C6H8O7. The van der Waals surface area contributed by atoms with Crippen LogP contribution >= 0.6 is 0 Å². The fourth-order valence-electron chi connectivity index (χ4n) is 0.397. The standard InChI is InChI=1S/C6H8O7/c7-3-4(8)12-1-2-13-6(11)5(9)10/h7H,1-3H2,(H,9,10). The van der Waals surface area contributed by atoms with Crippen LogP contribution in [0.5, 0.6) is 0 Å². The summed E-state index contributed by atoms with van der Waals surface area (Å²) in [4.78, 5) is 30.4. The van der Waals surface area contributed by atoms with Gasteiger partial charge in [-0.15, -0.1) is 0 Å². The first-order chi connectivity index (χ1) is 6.07. The summed E-state index contributed by atoms with van der Waals surface area (Å²) in [6.07, 6.45) is 0. The Hall–Kier alpha value is -1.63. The van der Waals surface area contributed by atoms with Crippen molar-refractivity contribution in [3.8, 4) is 0 Å². The van der Waals surface area contributed by atoms with E-state index in [2.05, 4.69) is 9.47 Å². The van der Waals surface area contributed by atoms with Gasteiger partial charge >= 0.3 is 17.9 Å². The minimum absolute atomic E-state index is 0.279. The molecule has 0 saturated carbocycles. The summed E-state index contributed by atoms with van der Waals surface area (Å²) in [7, 11) is 0. The van der Waals surface area contributed by atoms with Crippen molar-refractivity contribution in [3.63, 3.8) is 0 Å². The summed E-state index contributed by atoms with van der Waals surface area (Å²) in [5.41, 5.74) is 0. The molecule has 0 aliphatic carbocycles. The lowest BCUT2D eigenvalue weighted by molar-refractivity contribution is -0.166. The molecule has 0 aliphatic rings. The highest BCUT2D eigenvalue weighted by Gasteiger charge is 2.12. The fourth-order valence-corrected chi connectivity index (χ4v) is 0.397. The van der Waals surface area contributed by atoms with Crippen LogP contribution in [0.1, 0.15) is 0 Å². The van der Waals surface area contributed by atoms with Crippen molar-refractivity contribution < 1.29 is 34.1 Å². The summed E-state index contributed by atoms with van der Waals surface area (Å²) in [6, 6.07) is 0. The number of ether oxygens (including phenoxy) is 2. The number of carbonyl (C=O) groups is 3. The maximum absolute atomic E-state index is 10.3. The van der Waals surface area contributed by atoms with E-state index in [1.165, 1.54) is 0 Å². The first kappa shape index (κ1) is 11.4. The van der Waals surface area contributed by atoms with E-state index in [0.717, 1.165) is 0 Å². The van der Waals surface area contributed by atoms with Crippen molar-refractivity contribution in [2.24, 2.45) is 0 Å². The number of aliphatic hydroxyl groups is 1. The van der Waals surface area contributed by atoms with Crippen LogP contribution in [0.25, 0.3) is 0 Å². The predicted molar refractivity (Wildman–Crippen MR) is 36.6 cm³/mol. The number of hydrogen-bond donors (Lipinski definition) is 2. The van der Waals surface area contributed by atoms with E-state index in [1.54, 1.807) is 0 Å². The third-order valence-electron chi connectivity index (χ3n) is 0.883. The van der Waals surface area contributed by atoms with Crippen LogP contribution in [0.3, 0.4) is 0 Å². The Balaban J connectivity index is 3.41. The lowest BCUT2D eigenvalue weighted by Crippen LogP contribution is -2.20. The van der Waals surface area contributed by atoms with Gasteiger partial charge in [0.05, 0.1) is 0 Å². The molecule has 2 N–H and O–H groups in total. The van der Waals surface area contributed by atoms with Crippen molar-refractivity contribution in [1.29, 1.82) is 0 Å². The highest BCUT2D eigenvalue weighted by Crippen LogP contribution is 1.81. The highest BCUT2D eigenvalue weighted by molar-refractivity contribution is 6.28. The van der Waals surface area contributed by atoms with E-state index in [1.807, 2.05) is 0 Å². The molecule has 0 aromatic heterocycles. The quantitative estimate of drug-likeness (QED) is 0.305. The average molecular weight is 192 g/mol. The Morgan fingerprint density at radius 2 is 1.62 bits per heavy atom. The lowest BCUT2D eigenvalue weighted by atomic mass is 10.6. The molecule has 0 amide bonds. The Kier molecular flexibility index (Phi) is 5.20. The average Bonchev–Trinajstić information content (AvgIpc) is 2.11. The molecule has 7 nitrogen and oxygen atoms in total. The van der Waals surface area contributed by atoms with Crippen LogP contribution in [0.15, 0.2) is 0 Å². The van der Waals surface area contributed by atoms with Crippen LogP contribution in [0.2, 0.25) is 0 Å². The van der Waals surface area contributed by atoms with Crippen LogP contribution in [-0.4, -0.2) is 47.9 Å². The van der Waals surface area contributed by atoms with E-state index in [0.29, 0.717) is 0 Å². The first-order valence-electron chi connectivity index (χ1n) is 3.24. The highest BCUT2D eigenvalue weighted by atomic mass is 16.6. The zero-order valence-electron chi connectivity index (χ0n) is 6.56. The van der Waals surface area contributed by atoms with E-state index in [9.17, 15) is 14.4 Å². The second-order valence-corrected chi connectivity index (χ2v) is 1.82. The van der Waals surface area contributed by atoms with Crippen LogP contribution < -0.4 is 0 Å². The van der Waals surface area contributed by atoms with Crippen LogP contribution in [0, 0.1) is 0 Å². The van der Waals surface area contributed by atoms with Gasteiger partial charge in [-0.25, -0.2) is 14.4 Å². The largest absolute Gasteiger partial charge is 0.473 e. The van der Waals surface area contributed by atoms with E-state index >= 15 is 0 Å². The third-order valence-corrected chi connectivity index (χ3v) is 0.883. The van der Waals surface area contributed by atoms with Gasteiger partial charge in [-0.1, -0.05) is 0 Å². The number of carbonyl (C=O) groups excluding carboxylic acids is 2. The van der Waals surface area contributed by atoms with E-state index in [-0.39, 0.29) is 13.2 Å². The molecule has 0 heterocycles. The minimum atomic E-state index is -1.71. The SMILES string of the molecule is O=C(CO)OCCOC(=O)C(=O)O. The number of aliphatic carboxylic acids is 1. The zero-order chi connectivity index (χ0) is 10.3. The molecule has 0 aromatic rings. The molecule has 13 heavy (non-hydrogen) atoms. The second-order valence-electron chi connectivity index (χ2n) is 1.82. The van der Waals surface area contributed by atoms with E-state index < -0.39 is 24.5 Å². The monoisotopic (exact) mass is 192 g/mol. The van der Waals surface area contributed by atoms with Crippen molar-refractivity contribution in [1.82, 2.24) is 0 Å². The maximum atomic E-state index is 10.3. The maximum Gasteiger partial charge on any atom is 0.417 e. The molecular weight excluding hydrogens is 184 g/mol. The van der Waals surface area contributed by atoms with E-state index in [4.69, 9.17) is 10.2 Å². The van der Waals surface area contributed by atoms with Gasteiger partial charge in [0.15, 0.2) is 0 Å². The molecule has 0 radical (unpaired) electrons. The van der Waals surface area contributed by atoms with Crippen molar-refractivity contribution in [3.05, 3.63) is 0 Å². The third kappa shape index (κ3) is 5.62. The molecule has 0 fully saturated rings. The Morgan fingerprint density at radius 3 is 2.08 bits per heavy atom. The van der Waals surface area contributed by atoms with Gasteiger partial charge in [0, 0.05) is 0 Å². The van der Waals surface area contributed by atoms with Gasteiger partial charge in [0.1, 0.15) is 19.8 Å². The van der Waals surface area contributed by atoms with Crippen molar-refractivity contribution >= 4 is 17.9 Å². The molecule has 0 rings (SSSR count). The Labute approximate surface area is 72.9 Å². The molecule has 0 atom stereocenters. The van der Waals surface area contributed by atoms with Gasteiger partial charge in [0.2, 0.25) is 0 Å². The fraction of sp³-hybridized carbons (Fsp3) is 0.500. The number of carboxylic acids is 1. The molecule has 0 aromatic carbocycles. The van der Waals surface area contributed by atoms with Crippen LogP contribution in [0.4, 0.5) is 0 Å². The molecule has 0 spiro atoms. The normalized spacial score (nSPS) is 9.00. The Morgan fingerprint density at radius 1 is 1.08 bits per heavy atom. The summed E-state index contributed by atoms with van der Waals surface area (Å²) in [6.45, 7) is -1.40. The summed E-state index contributed by atoms with van der Waals surface area (Å²) in [5.74, 6) is -4.00. The Bertz CT molecular complexity index is 209.